The highest BCUT2D eigenvalue weighted by Crippen LogP contribution is 2.15. The molecule has 1 saturated heterocycles. The van der Waals surface area contributed by atoms with Gasteiger partial charge in [0, 0.05) is 33.2 Å². The maximum atomic E-state index is 12.1. The number of methoxy groups -OCH3 is 1. The number of hydrogen-bond donors (Lipinski definition) is 1. The zero-order chi connectivity index (χ0) is 15.1. The normalized spacial score (nSPS) is 19.0. The van der Waals surface area contributed by atoms with Crippen LogP contribution in [0, 0.1) is 5.92 Å². The van der Waals surface area contributed by atoms with E-state index in [0.29, 0.717) is 43.8 Å². The molecule has 2 heterocycles. The predicted molar refractivity (Wildman–Crippen MR) is 76.3 cm³/mol. The van der Waals surface area contributed by atoms with E-state index in [4.69, 9.17) is 9.26 Å². The Morgan fingerprint density at radius 1 is 1.57 bits per heavy atom. The summed E-state index contributed by atoms with van der Waals surface area (Å²) >= 11 is 0. The number of nitrogens with one attached hydrogen (secondary N) is 1. The van der Waals surface area contributed by atoms with Crippen LogP contribution in [0.4, 0.5) is 0 Å². The Morgan fingerprint density at radius 2 is 2.43 bits per heavy atom. The maximum absolute atomic E-state index is 12.1. The molecule has 1 aliphatic rings. The average Bonchev–Trinajstić information content (AvgIpc) is 2.91. The summed E-state index contributed by atoms with van der Waals surface area (Å²) in [7, 11) is 1.58. The van der Waals surface area contributed by atoms with Gasteiger partial charge in [-0.25, -0.2) is 0 Å². The van der Waals surface area contributed by atoms with Gasteiger partial charge in [-0.15, -0.1) is 0 Å². The summed E-state index contributed by atoms with van der Waals surface area (Å²) < 4.78 is 9.90. The number of hydrogen-bond acceptors (Lipinski definition) is 6. The lowest BCUT2D eigenvalue weighted by Crippen LogP contribution is -2.40. The molecule has 1 N–H and O–H groups in total. The smallest absolute Gasteiger partial charge is 0.252 e. The van der Waals surface area contributed by atoms with Crippen molar-refractivity contribution in [2.75, 3.05) is 26.7 Å². The fraction of sp³-hybridized carbons (Fsp3) is 0.786. The molecule has 0 spiro atoms. The van der Waals surface area contributed by atoms with Gasteiger partial charge in [-0.05, 0) is 18.8 Å². The van der Waals surface area contributed by atoms with E-state index in [2.05, 4.69) is 22.4 Å². The van der Waals surface area contributed by atoms with Gasteiger partial charge >= 0.3 is 0 Å². The highest BCUT2D eigenvalue weighted by molar-refractivity contribution is 5.76. The average molecular weight is 296 g/mol. The first kappa shape index (κ1) is 15.9. The third-order valence-electron chi connectivity index (χ3n) is 3.59. The number of ether oxygens (including phenoxy) is 1. The van der Waals surface area contributed by atoms with E-state index in [9.17, 15) is 4.79 Å². The molecule has 7 heteroatoms. The molecule has 0 radical (unpaired) electrons. The Bertz CT molecular complexity index is 449. The van der Waals surface area contributed by atoms with E-state index < -0.39 is 0 Å². The van der Waals surface area contributed by atoms with E-state index in [1.54, 1.807) is 7.11 Å². The van der Waals surface area contributed by atoms with Gasteiger partial charge < -0.3 is 19.5 Å². The first-order chi connectivity index (χ1) is 10.2. The van der Waals surface area contributed by atoms with E-state index in [-0.39, 0.29) is 5.91 Å². The van der Waals surface area contributed by atoms with Gasteiger partial charge in [0.15, 0.2) is 5.82 Å². The summed E-state index contributed by atoms with van der Waals surface area (Å²) in [5.41, 5.74) is 0. The molecule has 1 amide bonds. The Hall–Kier alpha value is -1.47. The number of amides is 1. The Kier molecular flexibility index (Phi) is 6.13. The van der Waals surface area contributed by atoms with Gasteiger partial charge in [0.1, 0.15) is 6.61 Å². The summed E-state index contributed by atoms with van der Waals surface area (Å²) in [4.78, 5) is 18.2. The number of carbonyl (C=O) groups is 1. The van der Waals surface area contributed by atoms with Crippen LogP contribution in [0.5, 0.6) is 0 Å². The van der Waals surface area contributed by atoms with Gasteiger partial charge in [0.2, 0.25) is 5.91 Å². The fourth-order valence-corrected chi connectivity index (χ4v) is 2.51. The van der Waals surface area contributed by atoms with Crippen LogP contribution in [0.15, 0.2) is 4.52 Å². The topological polar surface area (TPSA) is 80.5 Å². The molecule has 1 unspecified atom stereocenters. The molecule has 7 nitrogen and oxygen atoms in total. The van der Waals surface area contributed by atoms with Crippen LogP contribution in [0.2, 0.25) is 0 Å². The first-order valence-electron chi connectivity index (χ1n) is 7.48. The molecule has 0 saturated carbocycles. The minimum absolute atomic E-state index is 0.224. The van der Waals surface area contributed by atoms with Crippen LogP contribution in [0.3, 0.4) is 0 Å². The summed E-state index contributed by atoms with van der Waals surface area (Å²) in [6.07, 6.45) is 2.85. The van der Waals surface area contributed by atoms with Crippen molar-refractivity contribution < 1.29 is 14.1 Å². The highest BCUT2D eigenvalue weighted by Gasteiger charge is 2.20. The van der Waals surface area contributed by atoms with Gasteiger partial charge in [0.25, 0.3) is 5.89 Å². The molecule has 1 aliphatic heterocycles. The monoisotopic (exact) mass is 296 g/mol. The third-order valence-corrected chi connectivity index (χ3v) is 3.59. The van der Waals surface area contributed by atoms with Crippen molar-refractivity contribution >= 4 is 5.91 Å². The second-order valence-electron chi connectivity index (χ2n) is 5.55. The van der Waals surface area contributed by atoms with E-state index >= 15 is 0 Å². The van der Waals surface area contributed by atoms with Crippen LogP contribution < -0.4 is 5.32 Å². The molecule has 118 valence electrons. The van der Waals surface area contributed by atoms with Gasteiger partial charge in [-0.1, -0.05) is 12.1 Å². The molecule has 21 heavy (non-hydrogen) atoms. The number of likely N-dealkylation sites (tertiary alicyclic amines) is 1. The molecular formula is C14H24N4O3. The molecule has 1 aromatic rings. The number of nitrogens with zero attached hydrogens (tertiary/aromatic N) is 3. The Morgan fingerprint density at radius 3 is 3.19 bits per heavy atom. The minimum atomic E-state index is 0.224. The molecule has 1 fully saturated rings. The van der Waals surface area contributed by atoms with Gasteiger partial charge in [0.05, 0.1) is 6.54 Å². The van der Waals surface area contributed by atoms with Crippen molar-refractivity contribution in [2.24, 2.45) is 5.92 Å². The summed E-state index contributed by atoms with van der Waals surface area (Å²) in [5, 5.41) is 6.99. The Labute approximate surface area is 125 Å². The lowest BCUT2D eigenvalue weighted by molar-refractivity contribution is -0.132. The molecule has 0 aromatic carbocycles. The minimum Gasteiger partial charge on any atom is -0.375 e. The van der Waals surface area contributed by atoms with Crippen LogP contribution >= 0.6 is 0 Å². The number of aromatic nitrogens is 2. The van der Waals surface area contributed by atoms with Crippen LogP contribution in [0.1, 0.15) is 37.9 Å². The molecule has 0 bridgehead atoms. The number of carbonyl (C=O) groups excluding carboxylic acids is 1. The maximum Gasteiger partial charge on any atom is 0.252 e. The van der Waals surface area contributed by atoms with Gasteiger partial charge in [-0.3, -0.25) is 4.79 Å². The first-order valence-corrected chi connectivity index (χ1v) is 7.48. The summed E-state index contributed by atoms with van der Waals surface area (Å²) in [5.74, 6) is 1.89. The van der Waals surface area contributed by atoms with Crippen LogP contribution in [-0.4, -0.2) is 47.7 Å². The second-order valence-corrected chi connectivity index (χ2v) is 5.55. The van der Waals surface area contributed by atoms with E-state index in [1.165, 1.54) is 6.42 Å². The summed E-state index contributed by atoms with van der Waals surface area (Å²) in [6, 6.07) is 0. The zero-order valence-corrected chi connectivity index (χ0v) is 12.8. The highest BCUT2D eigenvalue weighted by atomic mass is 16.5. The van der Waals surface area contributed by atoms with Crippen molar-refractivity contribution in [3.8, 4) is 0 Å². The number of rotatable bonds is 7. The zero-order valence-electron chi connectivity index (χ0n) is 12.8. The molecule has 2 rings (SSSR count). The molecule has 1 atom stereocenters. The van der Waals surface area contributed by atoms with Crippen molar-refractivity contribution in [1.82, 2.24) is 20.4 Å². The van der Waals surface area contributed by atoms with Crippen molar-refractivity contribution in [1.29, 1.82) is 0 Å². The van der Waals surface area contributed by atoms with Crippen LogP contribution in [-0.2, 0) is 22.7 Å². The van der Waals surface area contributed by atoms with E-state index in [0.717, 1.165) is 19.5 Å². The Balaban J connectivity index is 1.63. The summed E-state index contributed by atoms with van der Waals surface area (Å²) in [6.45, 7) is 5.43. The SMILES string of the molecule is COCc1nc(CNCCC(=O)N2CCCC(C)C2)no1. The fourth-order valence-electron chi connectivity index (χ4n) is 2.51. The van der Waals surface area contributed by atoms with Crippen LogP contribution in [0.25, 0.3) is 0 Å². The van der Waals surface area contributed by atoms with E-state index in [1.807, 2.05) is 4.90 Å². The van der Waals surface area contributed by atoms with Crippen molar-refractivity contribution in [2.45, 2.75) is 39.3 Å². The lowest BCUT2D eigenvalue weighted by Gasteiger charge is -2.31. The molecule has 0 aliphatic carbocycles. The lowest BCUT2D eigenvalue weighted by atomic mass is 10.00. The van der Waals surface area contributed by atoms with Crippen molar-refractivity contribution in [3.63, 3.8) is 0 Å². The molecular weight excluding hydrogens is 272 g/mol. The molecule has 1 aromatic heterocycles. The van der Waals surface area contributed by atoms with Gasteiger partial charge in [-0.2, -0.15) is 4.98 Å². The quantitative estimate of drug-likeness (QED) is 0.755. The van der Waals surface area contributed by atoms with Crippen molar-refractivity contribution in [3.05, 3.63) is 11.7 Å². The number of piperidine rings is 1. The predicted octanol–water partition coefficient (Wildman–Crippen LogP) is 0.954. The largest absolute Gasteiger partial charge is 0.375 e. The third kappa shape index (κ3) is 5.09. The standard InChI is InChI=1S/C14H24N4O3/c1-11-4-3-7-18(9-11)14(19)5-6-15-8-12-16-13(10-20-2)21-17-12/h11,15H,3-10H2,1-2H3. The second kappa shape index (κ2) is 8.09.